The standard InChI is InChI=1S/C11H20N4/c1-4-10-5-6-11(14-13-10)15(8-7-12)9(2)3/h5-6,9H,4,7-8,12H2,1-3H3. The molecule has 84 valence electrons. The van der Waals surface area contributed by atoms with Gasteiger partial charge < -0.3 is 10.6 Å². The van der Waals surface area contributed by atoms with Crippen LogP contribution in [0.15, 0.2) is 12.1 Å². The highest BCUT2D eigenvalue weighted by molar-refractivity contribution is 5.38. The smallest absolute Gasteiger partial charge is 0.151 e. The van der Waals surface area contributed by atoms with Crippen molar-refractivity contribution in [2.24, 2.45) is 5.73 Å². The molecule has 0 fully saturated rings. The van der Waals surface area contributed by atoms with E-state index >= 15 is 0 Å². The lowest BCUT2D eigenvalue weighted by Crippen LogP contribution is -2.36. The lowest BCUT2D eigenvalue weighted by Gasteiger charge is -2.26. The molecule has 0 aliphatic heterocycles. The van der Waals surface area contributed by atoms with Crippen LogP contribution in [0, 0.1) is 0 Å². The van der Waals surface area contributed by atoms with E-state index < -0.39 is 0 Å². The third kappa shape index (κ3) is 3.16. The van der Waals surface area contributed by atoms with Gasteiger partial charge in [0.15, 0.2) is 5.82 Å². The fourth-order valence-electron chi connectivity index (χ4n) is 1.47. The van der Waals surface area contributed by atoms with Gasteiger partial charge in [-0.1, -0.05) is 6.92 Å². The van der Waals surface area contributed by atoms with Crippen LogP contribution < -0.4 is 10.6 Å². The van der Waals surface area contributed by atoms with Gasteiger partial charge in [0.05, 0.1) is 5.69 Å². The van der Waals surface area contributed by atoms with Crippen LogP contribution in [0.5, 0.6) is 0 Å². The van der Waals surface area contributed by atoms with E-state index in [9.17, 15) is 0 Å². The molecule has 0 aromatic carbocycles. The Labute approximate surface area is 91.5 Å². The molecular weight excluding hydrogens is 188 g/mol. The molecule has 15 heavy (non-hydrogen) atoms. The van der Waals surface area contributed by atoms with E-state index in [2.05, 4.69) is 35.9 Å². The average Bonchev–Trinajstić information content (AvgIpc) is 2.26. The number of aryl methyl sites for hydroxylation is 1. The number of rotatable bonds is 5. The van der Waals surface area contributed by atoms with Crippen molar-refractivity contribution >= 4 is 5.82 Å². The Hall–Kier alpha value is -1.16. The molecule has 0 atom stereocenters. The maximum Gasteiger partial charge on any atom is 0.151 e. The normalized spacial score (nSPS) is 10.7. The molecule has 1 rings (SSSR count). The van der Waals surface area contributed by atoms with Crippen molar-refractivity contribution in [3.05, 3.63) is 17.8 Å². The fourth-order valence-corrected chi connectivity index (χ4v) is 1.47. The van der Waals surface area contributed by atoms with Crippen LogP contribution >= 0.6 is 0 Å². The molecule has 0 amide bonds. The molecule has 0 aliphatic rings. The minimum atomic E-state index is 0.398. The number of nitrogens with two attached hydrogens (primary N) is 1. The summed E-state index contributed by atoms with van der Waals surface area (Å²) < 4.78 is 0. The Balaban J connectivity index is 2.81. The van der Waals surface area contributed by atoms with Gasteiger partial charge in [0.1, 0.15) is 0 Å². The van der Waals surface area contributed by atoms with Gasteiger partial charge in [0, 0.05) is 19.1 Å². The molecular formula is C11H20N4. The summed E-state index contributed by atoms with van der Waals surface area (Å²) >= 11 is 0. The van der Waals surface area contributed by atoms with E-state index in [-0.39, 0.29) is 0 Å². The summed E-state index contributed by atoms with van der Waals surface area (Å²) in [5, 5.41) is 8.36. The first-order chi connectivity index (χ1) is 7.19. The zero-order chi connectivity index (χ0) is 11.3. The Morgan fingerprint density at radius 2 is 2.07 bits per heavy atom. The van der Waals surface area contributed by atoms with Crippen molar-refractivity contribution in [3.63, 3.8) is 0 Å². The van der Waals surface area contributed by atoms with E-state index in [4.69, 9.17) is 5.73 Å². The Morgan fingerprint density at radius 3 is 2.47 bits per heavy atom. The van der Waals surface area contributed by atoms with Gasteiger partial charge >= 0.3 is 0 Å². The van der Waals surface area contributed by atoms with Gasteiger partial charge in [-0.05, 0) is 32.4 Å². The molecule has 0 radical (unpaired) electrons. The minimum Gasteiger partial charge on any atom is -0.351 e. The summed E-state index contributed by atoms with van der Waals surface area (Å²) in [5.41, 5.74) is 6.59. The van der Waals surface area contributed by atoms with Gasteiger partial charge in [-0.3, -0.25) is 0 Å². The largest absolute Gasteiger partial charge is 0.351 e. The summed E-state index contributed by atoms with van der Waals surface area (Å²) in [6, 6.07) is 4.44. The summed E-state index contributed by atoms with van der Waals surface area (Å²) in [7, 11) is 0. The third-order valence-corrected chi connectivity index (χ3v) is 2.36. The van der Waals surface area contributed by atoms with Gasteiger partial charge in [0.25, 0.3) is 0 Å². The minimum absolute atomic E-state index is 0.398. The summed E-state index contributed by atoms with van der Waals surface area (Å²) in [6.07, 6.45) is 0.922. The first kappa shape index (κ1) is 11.9. The first-order valence-corrected chi connectivity index (χ1v) is 5.48. The third-order valence-electron chi connectivity index (χ3n) is 2.36. The monoisotopic (exact) mass is 208 g/mol. The second-order valence-electron chi connectivity index (χ2n) is 3.81. The Morgan fingerprint density at radius 1 is 1.33 bits per heavy atom. The number of aromatic nitrogens is 2. The lowest BCUT2D eigenvalue weighted by atomic mass is 10.3. The molecule has 2 N–H and O–H groups in total. The highest BCUT2D eigenvalue weighted by atomic mass is 15.3. The second-order valence-corrected chi connectivity index (χ2v) is 3.81. The molecule has 0 spiro atoms. The van der Waals surface area contributed by atoms with Crippen LogP contribution in [0.1, 0.15) is 26.5 Å². The maximum absolute atomic E-state index is 5.57. The summed E-state index contributed by atoms with van der Waals surface area (Å²) in [5.74, 6) is 0.910. The van der Waals surface area contributed by atoms with Gasteiger partial charge in [0.2, 0.25) is 0 Å². The molecule has 1 aromatic heterocycles. The number of hydrogen-bond acceptors (Lipinski definition) is 4. The highest BCUT2D eigenvalue weighted by Gasteiger charge is 2.10. The van der Waals surface area contributed by atoms with Crippen LogP contribution in [0.25, 0.3) is 0 Å². The van der Waals surface area contributed by atoms with Crippen LogP contribution in [0.4, 0.5) is 5.82 Å². The van der Waals surface area contributed by atoms with Crippen LogP contribution in [0.2, 0.25) is 0 Å². The molecule has 0 bridgehead atoms. The highest BCUT2D eigenvalue weighted by Crippen LogP contribution is 2.12. The van der Waals surface area contributed by atoms with Crippen LogP contribution in [0.3, 0.4) is 0 Å². The molecule has 1 aromatic rings. The maximum atomic E-state index is 5.57. The van der Waals surface area contributed by atoms with E-state index in [0.29, 0.717) is 12.6 Å². The Bertz CT molecular complexity index is 281. The topological polar surface area (TPSA) is 55.0 Å². The SMILES string of the molecule is CCc1ccc(N(CCN)C(C)C)nn1. The molecule has 4 nitrogen and oxygen atoms in total. The van der Waals surface area contributed by atoms with Gasteiger partial charge in [-0.2, -0.15) is 5.10 Å². The quantitative estimate of drug-likeness (QED) is 0.790. The predicted octanol–water partition coefficient (Wildman–Crippen LogP) is 1.21. The Kier molecular flexibility index (Phi) is 4.49. The second kappa shape index (κ2) is 5.66. The van der Waals surface area contributed by atoms with Crippen molar-refractivity contribution in [2.75, 3.05) is 18.0 Å². The van der Waals surface area contributed by atoms with E-state index in [1.54, 1.807) is 0 Å². The number of hydrogen-bond donors (Lipinski definition) is 1. The van der Waals surface area contributed by atoms with Crippen molar-refractivity contribution < 1.29 is 0 Å². The predicted molar refractivity (Wildman–Crippen MR) is 62.9 cm³/mol. The molecule has 0 aliphatic carbocycles. The van der Waals surface area contributed by atoms with E-state index in [1.165, 1.54) is 0 Å². The fraction of sp³-hybridized carbons (Fsp3) is 0.636. The van der Waals surface area contributed by atoms with E-state index in [0.717, 1.165) is 24.5 Å². The summed E-state index contributed by atoms with van der Waals surface area (Å²) in [4.78, 5) is 2.16. The molecule has 1 heterocycles. The summed E-state index contributed by atoms with van der Waals surface area (Å²) in [6.45, 7) is 7.78. The average molecular weight is 208 g/mol. The lowest BCUT2D eigenvalue weighted by molar-refractivity contribution is 0.666. The zero-order valence-corrected chi connectivity index (χ0v) is 9.77. The number of nitrogens with zero attached hydrogens (tertiary/aromatic N) is 3. The zero-order valence-electron chi connectivity index (χ0n) is 9.77. The van der Waals surface area contributed by atoms with Crippen molar-refractivity contribution in [3.8, 4) is 0 Å². The van der Waals surface area contributed by atoms with Crippen molar-refractivity contribution in [1.82, 2.24) is 10.2 Å². The van der Waals surface area contributed by atoms with Crippen molar-refractivity contribution in [1.29, 1.82) is 0 Å². The van der Waals surface area contributed by atoms with Crippen LogP contribution in [-0.4, -0.2) is 29.3 Å². The molecule has 0 saturated carbocycles. The van der Waals surface area contributed by atoms with Gasteiger partial charge in [-0.15, -0.1) is 5.10 Å². The van der Waals surface area contributed by atoms with Crippen molar-refractivity contribution in [2.45, 2.75) is 33.2 Å². The van der Waals surface area contributed by atoms with E-state index in [1.807, 2.05) is 12.1 Å². The van der Waals surface area contributed by atoms with Crippen LogP contribution in [-0.2, 0) is 6.42 Å². The molecule has 4 heteroatoms. The van der Waals surface area contributed by atoms with Gasteiger partial charge in [-0.25, -0.2) is 0 Å². The first-order valence-electron chi connectivity index (χ1n) is 5.48. The number of anilines is 1. The molecule has 0 saturated heterocycles. The molecule has 0 unspecified atom stereocenters.